The fourth-order valence-electron chi connectivity index (χ4n) is 3.61. The van der Waals surface area contributed by atoms with Crippen molar-refractivity contribution >= 4 is 18.0 Å². The minimum Gasteiger partial charge on any atom is -0.450 e. The van der Waals surface area contributed by atoms with E-state index in [9.17, 15) is 14.4 Å². The van der Waals surface area contributed by atoms with Gasteiger partial charge in [0.15, 0.2) is 0 Å². The van der Waals surface area contributed by atoms with Crippen molar-refractivity contribution in [1.29, 1.82) is 0 Å². The topological polar surface area (TPSA) is 91.0 Å². The van der Waals surface area contributed by atoms with Crippen LogP contribution in [0.3, 0.4) is 0 Å². The van der Waals surface area contributed by atoms with Crippen molar-refractivity contribution in [2.24, 2.45) is 5.92 Å². The number of hydrogen-bond acceptors (Lipinski definition) is 4. The van der Waals surface area contributed by atoms with E-state index in [1.54, 1.807) is 16.7 Å². The fraction of sp³-hybridized carbons (Fsp3) is 0.833. The second kappa shape index (κ2) is 8.60. The van der Waals surface area contributed by atoms with Crippen LogP contribution in [0, 0.1) is 5.92 Å². The zero-order valence-electron chi connectivity index (χ0n) is 15.5. The molecule has 1 atom stereocenters. The highest BCUT2D eigenvalue weighted by Crippen LogP contribution is 2.22. The van der Waals surface area contributed by atoms with Crippen molar-refractivity contribution in [3.8, 4) is 0 Å². The first-order chi connectivity index (χ1) is 12.6. The second-order valence-electron chi connectivity index (χ2n) is 7.48. The molecule has 8 nitrogen and oxygen atoms in total. The molecule has 4 amide bonds. The van der Waals surface area contributed by atoms with Gasteiger partial charge in [-0.25, -0.2) is 9.59 Å². The van der Waals surface area contributed by atoms with Crippen molar-refractivity contribution in [3.63, 3.8) is 0 Å². The van der Waals surface area contributed by atoms with Gasteiger partial charge in [0.05, 0.1) is 12.5 Å². The lowest BCUT2D eigenvalue weighted by molar-refractivity contribution is -0.127. The minimum absolute atomic E-state index is 0.0310. The van der Waals surface area contributed by atoms with Crippen LogP contribution < -0.4 is 10.6 Å². The molecule has 0 spiro atoms. The largest absolute Gasteiger partial charge is 0.450 e. The third kappa shape index (κ3) is 5.02. The molecule has 3 aliphatic rings. The Kier molecular flexibility index (Phi) is 6.21. The van der Waals surface area contributed by atoms with Gasteiger partial charge >= 0.3 is 12.1 Å². The van der Waals surface area contributed by atoms with Crippen LogP contribution in [0.25, 0.3) is 0 Å². The summed E-state index contributed by atoms with van der Waals surface area (Å²) in [6, 6.07) is 0.387. The van der Waals surface area contributed by atoms with Gasteiger partial charge in [-0.05, 0) is 45.4 Å². The Morgan fingerprint density at radius 1 is 0.923 bits per heavy atom. The number of ether oxygens (including phenoxy) is 1. The molecule has 1 aliphatic carbocycles. The van der Waals surface area contributed by atoms with Gasteiger partial charge in [0, 0.05) is 38.3 Å². The van der Waals surface area contributed by atoms with Crippen LogP contribution in [0.4, 0.5) is 9.59 Å². The van der Waals surface area contributed by atoms with Crippen LogP contribution in [0.15, 0.2) is 0 Å². The van der Waals surface area contributed by atoms with E-state index >= 15 is 0 Å². The molecule has 0 aromatic rings. The first kappa shape index (κ1) is 18.8. The van der Waals surface area contributed by atoms with E-state index in [1.807, 2.05) is 0 Å². The number of piperidine rings is 2. The average molecular weight is 366 g/mol. The molecule has 0 radical (unpaired) electrons. The molecule has 146 valence electrons. The average Bonchev–Trinajstić information content (AvgIpc) is 3.46. The number of nitrogens with zero attached hydrogens (tertiary/aromatic N) is 2. The van der Waals surface area contributed by atoms with Gasteiger partial charge < -0.3 is 25.2 Å². The van der Waals surface area contributed by atoms with Gasteiger partial charge in [-0.15, -0.1) is 0 Å². The zero-order valence-corrected chi connectivity index (χ0v) is 15.5. The number of carbonyl (C=O) groups is 3. The molecule has 0 aromatic heterocycles. The maximum absolute atomic E-state index is 12.6. The number of amides is 4. The van der Waals surface area contributed by atoms with E-state index in [1.165, 1.54) is 0 Å². The summed E-state index contributed by atoms with van der Waals surface area (Å²) in [4.78, 5) is 40.0. The Hall–Kier alpha value is -1.99. The first-order valence-corrected chi connectivity index (χ1v) is 9.84. The SMILES string of the molecule is CCOC(=O)N1CCC(NC(=O)C2CCCN(C(=O)NC3CC3)C2)CC1. The maximum Gasteiger partial charge on any atom is 0.409 e. The van der Waals surface area contributed by atoms with Crippen LogP contribution in [0.1, 0.15) is 45.4 Å². The van der Waals surface area contributed by atoms with Crippen LogP contribution in [-0.2, 0) is 9.53 Å². The fourth-order valence-corrected chi connectivity index (χ4v) is 3.61. The Morgan fingerprint density at radius 2 is 1.62 bits per heavy atom. The summed E-state index contributed by atoms with van der Waals surface area (Å²) in [5, 5.41) is 6.11. The minimum atomic E-state index is -0.276. The lowest BCUT2D eigenvalue weighted by atomic mass is 9.96. The van der Waals surface area contributed by atoms with Crippen molar-refractivity contribution < 1.29 is 19.1 Å². The summed E-state index contributed by atoms with van der Waals surface area (Å²) >= 11 is 0. The molecule has 2 aliphatic heterocycles. The third-order valence-electron chi connectivity index (χ3n) is 5.35. The number of rotatable bonds is 4. The monoisotopic (exact) mass is 366 g/mol. The molecule has 2 heterocycles. The summed E-state index contributed by atoms with van der Waals surface area (Å²) < 4.78 is 5.02. The molecule has 0 bridgehead atoms. The van der Waals surface area contributed by atoms with Gasteiger partial charge in [-0.3, -0.25) is 4.79 Å². The Labute approximate surface area is 154 Å². The molecule has 2 N–H and O–H groups in total. The quantitative estimate of drug-likeness (QED) is 0.785. The molecular formula is C18H30N4O4. The van der Waals surface area contributed by atoms with E-state index in [0.717, 1.165) is 45.1 Å². The lowest BCUT2D eigenvalue weighted by Crippen LogP contribution is -2.52. The predicted molar refractivity (Wildman–Crippen MR) is 95.6 cm³/mol. The normalized spacial score (nSPS) is 24.1. The summed E-state index contributed by atoms with van der Waals surface area (Å²) in [7, 11) is 0. The van der Waals surface area contributed by atoms with Crippen molar-refractivity contribution in [2.45, 2.75) is 57.5 Å². The van der Waals surface area contributed by atoms with Crippen molar-refractivity contribution in [2.75, 3.05) is 32.8 Å². The highest BCUT2D eigenvalue weighted by atomic mass is 16.6. The van der Waals surface area contributed by atoms with Crippen molar-refractivity contribution in [3.05, 3.63) is 0 Å². The number of carbonyl (C=O) groups excluding carboxylic acids is 3. The van der Waals surface area contributed by atoms with Crippen LogP contribution in [0.2, 0.25) is 0 Å². The standard InChI is InChI=1S/C18H30N4O4/c1-2-26-18(25)21-10-7-15(8-11-21)19-16(23)13-4-3-9-22(12-13)17(24)20-14-5-6-14/h13-15H,2-12H2,1H3,(H,19,23)(H,20,24). The van der Waals surface area contributed by atoms with Gasteiger partial charge in [-0.2, -0.15) is 0 Å². The molecule has 1 saturated carbocycles. The Balaban J connectivity index is 1.41. The molecule has 3 fully saturated rings. The van der Waals surface area contributed by atoms with E-state index < -0.39 is 0 Å². The third-order valence-corrected chi connectivity index (χ3v) is 5.35. The molecule has 8 heteroatoms. The van der Waals surface area contributed by atoms with E-state index in [2.05, 4.69) is 10.6 Å². The van der Waals surface area contributed by atoms with E-state index in [-0.39, 0.29) is 30.0 Å². The summed E-state index contributed by atoms with van der Waals surface area (Å²) in [5.41, 5.74) is 0. The van der Waals surface area contributed by atoms with Gasteiger partial charge in [-0.1, -0.05) is 0 Å². The van der Waals surface area contributed by atoms with Crippen molar-refractivity contribution in [1.82, 2.24) is 20.4 Å². The molecule has 2 saturated heterocycles. The number of hydrogen-bond donors (Lipinski definition) is 2. The Morgan fingerprint density at radius 3 is 2.27 bits per heavy atom. The van der Waals surface area contributed by atoms with E-state index in [0.29, 0.717) is 32.3 Å². The maximum atomic E-state index is 12.6. The molecule has 0 aromatic carbocycles. The second-order valence-corrected chi connectivity index (χ2v) is 7.48. The summed E-state index contributed by atoms with van der Waals surface area (Å²) in [5.74, 6) is -0.111. The van der Waals surface area contributed by atoms with Gasteiger partial charge in [0.25, 0.3) is 0 Å². The van der Waals surface area contributed by atoms with Crippen LogP contribution in [-0.4, -0.2) is 72.7 Å². The van der Waals surface area contributed by atoms with E-state index in [4.69, 9.17) is 4.74 Å². The van der Waals surface area contributed by atoms with Gasteiger partial charge in [0.2, 0.25) is 5.91 Å². The Bertz CT molecular complexity index is 529. The predicted octanol–water partition coefficient (Wildman–Crippen LogP) is 1.31. The molecule has 3 rings (SSSR count). The first-order valence-electron chi connectivity index (χ1n) is 9.84. The van der Waals surface area contributed by atoms with Crippen LogP contribution in [0.5, 0.6) is 0 Å². The zero-order chi connectivity index (χ0) is 18.5. The highest BCUT2D eigenvalue weighted by Gasteiger charge is 2.33. The molecular weight excluding hydrogens is 336 g/mol. The summed E-state index contributed by atoms with van der Waals surface area (Å²) in [6.45, 7) is 4.59. The number of nitrogens with one attached hydrogen (secondary N) is 2. The summed E-state index contributed by atoms with van der Waals surface area (Å²) in [6.07, 6.45) is 5.01. The van der Waals surface area contributed by atoms with Crippen LogP contribution >= 0.6 is 0 Å². The van der Waals surface area contributed by atoms with Gasteiger partial charge in [0.1, 0.15) is 0 Å². The number of likely N-dealkylation sites (tertiary alicyclic amines) is 2. The molecule has 1 unspecified atom stereocenters. The smallest absolute Gasteiger partial charge is 0.409 e. The lowest BCUT2D eigenvalue weighted by Gasteiger charge is -2.35. The number of urea groups is 1. The highest BCUT2D eigenvalue weighted by molar-refractivity contribution is 5.81. The molecule has 26 heavy (non-hydrogen) atoms.